The first-order chi connectivity index (χ1) is 16.5. The van der Waals surface area contributed by atoms with Crippen molar-refractivity contribution in [1.82, 2.24) is 20.1 Å². The molecule has 1 heterocycles. The van der Waals surface area contributed by atoms with Crippen molar-refractivity contribution in [3.8, 4) is 11.4 Å². The Bertz CT molecular complexity index is 1290. The van der Waals surface area contributed by atoms with Gasteiger partial charge in [-0.3, -0.25) is 9.36 Å². The van der Waals surface area contributed by atoms with Gasteiger partial charge in [0.1, 0.15) is 5.75 Å². The Morgan fingerprint density at radius 1 is 1.09 bits per heavy atom. The first-order valence-electron chi connectivity index (χ1n) is 10.5. The van der Waals surface area contributed by atoms with Crippen LogP contribution in [0.25, 0.3) is 5.69 Å². The Labute approximate surface area is 215 Å². The standard InChI is InChI=1S/C25H22BrClN4O2S/c1-16-21(27)4-3-5-22(16)31-23(14-28-24(32)18-8-12-20(33-2)13-9-18)29-30-25(31)34-15-17-6-10-19(26)11-7-17/h3-13H,14-15H2,1-2H3,(H,28,32). The van der Waals surface area contributed by atoms with Gasteiger partial charge in [-0.1, -0.05) is 57.5 Å². The molecular formula is C25H22BrClN4O2S. The minimum absolute atomic E-state index is 0.205. The summed E-state index contributed by atoms with van der Waals surface area (Å²) in [6.07, 6.45) is 0. The van der Waals surface area contributed by atoms with Crippen molar-refractivity contribution in [1.29, 1.82) is 0 Å². The topological polar surface area (TPSA) is 69.0 Å². The number of hydrogen-bond donors (Lipinski definition) is 1. The van der Waals surface area contributed by atoms with E-state index in [0.717, 1.165) is 26.6 Å². The number of nitrogens with zero attached hydrogens (tertiary/aromatic N) is 3. The number of carbonyl (C=O) groups excluding carboxylic acids is 1. The molecule has 9 heteroatoms. The van der Waals surface area contributed by atoms with E-state index in [-0.39, 0.29) is 12.5 Å². The monoisotopic (exact) mass is 556 g/mol. The van der Waals surface area contributed by atoms with Gasteiger partial charge in [-0.05, 0) is 66.6 Å². The zero-order valence-electron chi connectivity index (χ0n) is 18.6. The highest BCUT2D eigenvalue weighted by atomic mass is 79.9. The largest absolute Gasteiger partial charge is 0.497 e. The van der Waals surface area contributed by atoms with Crippen LogP contribution >= 0.6 is 39.3 Å². The lowest BCUT2D eigenvalue weighted by molar-refractivity contribution is 0.0949. The van der Waals surface area contributed by atoms with Crippen LogP contribution in [-0.4, -0.2) is 27.8 Å². The molecule has 0 saturated carbocycles. The molecule has 0 unspecified atom stereocenters. The third kappa shape index (κ3) is 5.63. The fourth-order valence-corrected chi connectivity index (χ4v) is 4.67. The SMILES string of the molecule is COc1ccc(C(=O)NCc2nnc(SCc3ccc(Br)cc3)n2-c2cccc(Cl)c2C)cc1. The lowest BCUT2D eigenvalue weighted by atomic mass is 10.2. The predicted octanol–water partition coefficient (Wildman–Crippen LogP) is 6.22. The minimum Gasteiger partial charge on any atom is -0.497 e. The van der Waals surface area contributed by atoms with Gasteiger partial charge in [-0.2, -0.15) is 0 Å². The average Bonchev–Trinajstić information content (AvgIpc) is 3.26. The van der Waals surface area contributed by atoms with E-state index >= 15 is 0 Å². The van der Waals surface area contributed by atoms with Gasteiger partial charge < -0.3 is 10.1 Å². The maximum atomic E-state index is 12.7. The summed E-state index contributed by atoms with van der Waals surface area (Å²) in [5, 5.41) is 13.1. The van der Waals surface area contributed by atoms with Crippen LogP contribution in [0, 0.1) is 6.92 Å². The first-order valence-corrected chi connectivity index (χ1v) is 12.6. The van der Waals surface area contributed by atoms with E-state index in [1.807, 2.05) is 41.8 Å². The number of ether oxygens (including phenoxy) is 1. The lowest BCUT2D eigenvalue weighted by Gasteiger charge is -2.14. The van der Waals surface area contributed by atoms with E-state index in [9.17, 15) is 4.79 Å². The highest BCUT2D eigenvalue weighted by Crippen LogP contribution is 2.29. The number of carbonyl (C=O) groups is 1. The third-order valence-electron chi connectivity index (χ3n) is 5.22. The maximum absolute atomic E-state index is 12.7. The number of aromatic nitrogens is 3. The fraction of sp³-hybridized carbons (Fsp3) is 0.160. The minimum atomic E-state index is -0.205. The fourth-order valence-electron chi connectivity index (χ4n) is 3.32. The smallest absolute Gasteiger partial charge is 0.251 e. The van der Waals surface area contributed by atoms with E-state index < -0.39 is 0 Å². The number of thioether (sulfide) groups is 1. The highest BCUT2D eigenvalue weighted by molar-refractivity contribution is 9.10. The van der Waals surface area contributed by atoms with E-state index in [0.29, 0.717) is 22.2 Å². The van der Waals surface area contributed by atoms with Crippen LogP contribution in [0.4, 0.5) is 0 Å². The van der Waals surface area contributed by atoms with E-state index in [2.05, 4.69) is 43.6 Å². The molecule has 4 aromatic rings. The molecule has 0 bridgehead atoms. The molecule has 0 aliphatic rings. The molecule has 0 fully saturated rings. The number of halogens is 2. The van der Waals surface area contributed by atoms with Crippen LogP contribution in [0.5, 0.6) is 5.75 Å². The van der Waals surface area contributed by atoms with Gasteiger partial charge in [0.25, 0.3) is 5.91 Å². The molecule has 4 rings (SSSR count). The quantitative estimate of drug-likeness (QED) is 0.260. The molecule has 0 radical (unpaired) electrons. The number of hydrogen-bond acceptors (Lipinski definition) is 5. The van der Waals surface area contributed by atoms with E-state index in [1.165, 1.54) is 5.56 Å². The second-order valence-corrected chi connectivity index (χ2v) is 9.71. The van der Waals surface area contributed by atoms with Gasteiger partial charge >= 0.3 is 0 Å². The second-order valence-electron chi connectivity index (χ2n) is 7.44. The van der Waals surface area contributed by atoms with Gasteiger partial charge in [-0.25, -0.2) is 0 Å². The van der Waals surface area contributed by atoms with Gasteiger partial charge in [0, 0.05) is 20.8 Å². The number of rotatable bonds is 8. The number of benzene rings is 3. The normalized spacial score (nSPS) is 10.8. The molecule has 0 aliphatic carbocycles. The Morgan fingerprint density at radius 2 is 1.82 bits per heavy atom. The summed E-state index contributed by atoms with van der Waals surface area (Å²) < 4.78 is 8.15. The van der Waals surface area contributed by atoms with Crippen LogP contribution in [0.2, 0.25) is 5.02 Å². The second kappa shape index (κ2) is 11.1. The van der Waals surface area contributed by atoms with Crippen LogP contribution in [0.15, 0.2) is 76.4 Å². The molecule has 0 saturated heterocycles. The summed E-state index contributed by atoms with van der Waals surface area (Å²) in [6.45, 7) is 2.17. The first kappa shape index (κ1) is 24.3. The third-order valence-corrected chi connectivity index (χ3v) is 7.16. The van der Waals surface area contributed by atoms with Crippen LogP contribution in [0.1, 0.15) is 27.3 Å². The zero-order valence-corrected chi connectivity index (χ0v) is 21.7. The van der Waals surface area contributed by atoms with Gasteiger partial charge in [-0.15, -0.1) is 10.2 Å². The summed E-state index contributed by atoms with van der Waals surface area (Å²) in [4.78, 5) is 12.7. The van der Waals surface area contributed by atoms with Gasteiger partial charge in [0.05, 0.1) is 19.3 Å². The van der Waals surface area contributed by atoms with E-state index in [4.69, 9.17) is 16.3 Å². The molecule has 34 heavy (non-hydrogen) atoms. The van der Waals surface area contributed by atoms with Crippen molar-refractivity contribution >= 4 is 45.2 Å². The summed E-state index contributed by atoms with van der Waals surface area (Å²) in [5.74, 6) is 1.83. The zero-order chi connectivity index (χ0) is 24.1. The number of nitrogens with one attached hydrogen (secondary N) is 1. The summed E-state index contributed by atoms with van der Waals surface area (Å²) in [6, 6.07) is 20.8. The van der Waals surface area contributed by atoms with Crippen LogP contribution in [0.3, 0.4) is 0 Å². The van der Waals surface area contributed by atoms with E-state index in [1.54, 1.807) is 43.1 Å². The molecule has 6 nitrogen and oxygen atoms in total. The molecule has 0 atom stereocenters. The van der Waals surface area contributed by atoms with Crippen molar-refractivity contribution in [2.24, 2.45) is 0 Å². The maximum Gasteiger partial charge on any atom is 0.251 e. The Hall–Kier alpha value is -2.81. The van der Waals surface area contributed by atoms with Crippen molar-refractivity contribution in [2.45, 2.75) is 24.4 Å². The number of amides is 1. The molecule has 1 aromatic heterocycles. The molecule has 1 amide bonds. The van der Waals surface area contributed by atoms with Crippen LogP contribution in [-0.2, 0) is 12.3 Å². The van der Waals surface area contributed by atoms with Gasteiger partial charge in [0.15, 0.2) is 11.0 Å². The molecule has 3 aromatic carbocycles. The van der Waals surface area contributed by atoms with Crippen molar-refractivity contribution in [3.05, 3.63) is 98.7 Å². The molecule has 1 N–H and O–H groups in total. The highest BCUT2D eigenvalue weighted by Gasteiger charge is 2.18. The Morgan fingerprint density at radius 3 is 2.53 bits per heavy atom. The molecule has 174 valence electrons. The summed E-state index contributed by atoms with van der Waals surface area (Å²) >= 11 is 11.5. The Balaban J connectivity index is 1.59. The molecule has 0 aliphatic heterocycles. The van der Waals surface area contributed by atoms with Crippen LogP contribution < -0.4 is 10.1 Å². The van der Waals surface area contributed by atoms with Gasteiger partial charge in [0.2, 0.25) is 0 Å². The molecule has 0 spiro atoms. The van der Waals surface area contributed by atoms with Crippen molar-refractivity contribution < 1.29 is 9.53 Å². The number of methoxy groups -OCH3 is 1. The summed E-state index contributed by atoms with van der Waals surface area (Å²) in [7, 11) is 1.59. The predicted molar refractivity (Wildman–Crippen MR) is 139 cm³/mol. The van der Waals surface area contributed by atoms with Crippen molar-refractivity contribution in [2.75, 3.05) is 7.11 Å². The van der Waals surface area contributed by atoms with Crippen molar-refractivity contribution in [3.63, 3.8) is 0 Å². The Kier molecular flexibility index (Phi) is 7.92. The molecular weight excluding hydrogens is 536 g/mol. The summed E-state index contributed by atoms with van der Waals surface area (Å²) in [5.41, 5.74) is 3.50. The lowest BCUT2D eigenvalue weighted by Crippen LogP contribution is -2.24. The average molecular weight is 558 g/mol.